The average molecular weight is 196 g/mol. The van der Waals surface area contributed by atoms with Crippen LogP contribution in [-0.4, -0.2) is 17.3 Å². The molecule has 1 N–H and O–H groups in total. The molecule has 0 aliphatic rings. The fraction of sp³-hybridized carbons (Fsp3) is 0.500. The molecular formula is C10H16N2S. The molecule has 0 saturated heterocycles. The summed E-state index contributed by atoms with van der Waals surface area (Å²) in [5, 5.41) is 3.33. The summed E-state index contributed by atoms with van der Waals surface area (Å²) in [6.07, 6.45) is 3.03. The second-order valence-corrected chi connectivity index (χ2v) is 3.51. The van der Waals surface area contributed by atoms with Gasteiger partial charge in [-0.05, 0) is 37.3 Å². The van der Waals surface area contributed by atoms with Gasteiger partial charge in [-0.3, -0.25) is 4.98 Å². The Kier molecular flexibility index (Phi) is 4.86. The topological polar surface area (TPSA) is 24.9 Å². The van der Waals surface area contributed by atoms with Crippen LogP contribution in [0.3, 0.4) is 0 Å². The second kappa shape index (κ2) is 6.00. The highest BCUT2D eigenvalue weighted by molar-refractivity contribution is 7.80. The summed E-state index contributed by atoms with van der Waals surface area (Å²) < 4.78 is 0. The van der Waals surface area contributed by atoms with E-state index in [-0.39, 0.29) is 0 Å². The van der Waals surface area contributed by atoms with Gasteiger partial charge in [0, 0.05) is 18.4 Å². The van der Waals surface area contributed by atoms with Crippen LogP contribution in [0, 0.1) is 6.92 Å². The van der Waals surface area contributed by atoms with Crippen molar-refractivity contribution < 1.29 is 0 Å². The predicted octanol–water partition coefficient (Wildman–Crippen LogP) is 1.80. The van der Waals surface area contributed by atoms with E-state index in [9.17, 15) is 0 Å². The van der Waals surface area contributed by atoms with Gasteiger partial charge in [0.2, 0.25) is 0 Å². The summed E-state index contributed by atoms with van der Waals surface area (Å²) in [5.74, 6) is 0.944. The number of thiol groups is 1. The maximum Gasteiger partial charge on any atom is 0.0372 e. The van der Waals surface area contributed by atoms with E-state index < -0.39 is 0 Å². The van der Waals surface area contributed by atoms with Crippen molar-refractivity contribution in [3.63, 3.8) is 0 Å². The smallest absolute Gasteiger partial charge is 0.0372 e. The number of hydrogen-bond acceptors (Lipinski definition) is 3. The molecule has 0 saturated carbocycles. The zero-order valence-electron chi connectivity index (χ0n) is 7.95. The van der Waals surface area contributed by atoms with E-state index >= 15 is 0 Å². The van der Waals surface area contributed by atoms with Gasteiger partial charge in [0.05, 0.1) is 0 Å². The highest BCUT2D eigenvalue weighted by Crippen LogP contribution is 1.98. The van der Waals surface area contributed by atoms with Gasteiger partial charge in [-0.2, -0.15) is 12.6 Å². The standard InChI is InChI=1S/C10H16N2S/c1-9-3-4-10(8-12-9)7-11-5-2-6-13/h3-4,8,11,13H,2,5-7H2,1H3. The van der Waals surface area contributed by atoms with E-state index in [2.05, 4.69) is 29.0 Å². The molecule has 0 unspecified atom stereocenters. The lowest BCUT2D eigenvalue weighted by Crippen LogP contribution is -2.15. The molecule has 0 aliphatic carbocycles. The van der Waals surface area contributed by atoms with Crippen LogP contribution < -0.4 is 5.32 Å². The Labute approximate surface area is 85.2 Å². The molecule has 13 heavy (non-hydrogen) atoms. The SMILES string of the molecule is Cc1ccc(CNCCCS)cn1. The molecule has 1 heterocycles. The molecule has 0 fully saturated rings. The highest BCUT2D eigenvalue weighted by Gasteiger charge is 1.91. The van der Waals surface area contributed by atoms with Crippen molar-refractivity contribution in [2.45, 2.75) is 19.9 Å². The molecular weight excluding hydrogens is 180 g/mol. The minimum Gasteiger partial charge on any atom is -0.313 e. The monoisotopic (exact) mass is 196 g/mol. The first kappa shape index (κ1) is 10.5. The van der Waals surface area contributed by atoms with Crippen LogP contribution in [0.2, 0.25) is 0 Å². The average Bonchev–Trinajstić information content (AvgIpc) is 2.15. The third-order valence-corrected chi connectivity index (χ3v) is 2.13. The molecule has 0 amide bonds. The molecule has 3 heteroatoms. The van der Waals surface area contributed by atoms with E-state index in [1.165, 1.54) is 5.56 Å². The van der Waals surface area contributed by atoms with E-state index in [1.54, 1.807) is 0 Å². The first-order chi connectivity index (χ1) is 6.33. The predicted molar refractivity (Wildman–Crippen MR) is 59.2 cm³/mol. The lowest BCUT2D eigenvalue weighted by molar-refractivity contribution is 0.677. The van der Waals surface area contributed by atoms with Crippen molar-refractivity contribution in [3.8, 4) is 0 Å². The van der Waals surface area contributed by atoms with Gasteiger partial charge in [-0.15, -0.1) is 0 Å². The Bertz CT molecular complexity index is 233. The number of rotatable bonds is 5. The number of pyridine rings is 1. The quantitative estimate of drug-likeness (QED) is 0.554. The molecule has 1 rings (SSSR count). The van der Waals surface area contributed by atoms with Gasteiger partial charge in [-0.25, -0.2) is 0 Å². The summed E-state index contributed by atoms with van der Waals surface area (Å²) in [6, 6.07) is 4.14. The summed E-state index contributed by atoms with van der Waals surface area (Å²) in [7, 11) is 0. The van der Waals surface area contributed by atoms with Crippen LogP contribution in [0.25, 0.3) is 0 Å². The van der Waals surface area contributed by atoms with Crippen molar-refractivity contribution in [2.75, 3.05) is 12.3 Å². The van der Waals surface area contributed by atoms with E-state index in [0.29, 0.717) is 0 Å². The van der Waals surface area contributed by atoms with E-state index in [1.807, 2.05) is 19.2 Å². The summed E-state index contributed by atoms with van der Waals surface area (Å²) in [4.78, 5) is 4.22. The van der Waals surface area contributed by atoms with Crippen LogP contribution in [0.15, 0.2) is 18.3 Å². The van der Waals surface area contributed by atoms with Gasteiger partial charge < -0.3 is 5.32 Å². The van der Waals surface area contributed by atoms with Gasteiger partial charge in [-0.1, -0.05) is 6.07 Å². The molecule has 0 bridgehead atoms. The summed E-state index contributed by atoms with van der Waals surface area (Å²) >= 11 is 4.14. The molecule has 0 spiro atoms. The third kappa shape index (κ3) is 4.29. The fourth-order valence-corrected chi connectivity index (χ4v) is 1.20. The normalized spacial score (nSPS) is 10.3. The third-order valence-electron chi connectivity index (χ3n) is 1.81. The van der Waals surface area contributed by atoms with Crippen LogP contribution in [0.4, 0.5) is 0 Å². The fourth-order valence-electron chi connectivity index (χ4n) is 1.04. The van der Waals surface area contributed by atoms with Crippen molar-refractivity contribution in [1.29, 1.82) is 0 Å². The molecule has 1 aromatic heterocycles. The summed E-state index contributed by atoms with van der Waals surface area (Å²) in [5.41, 5.74) is 2.31. The number of hydrogen-bond donors (Lipinski definition) is 2. The zero-order chi connectivity index (χ0) is 9.52. The molecule has 72 valence electrons. The first-order valence-electron chi connectivity index (χ1n) is 4.56. The zero-order valence-corrected chi connectivity index (χ0v) is 8.85. The van der Waals surface area contributed by atoms with Crippen molar-refractivity contribution in [2.24, 2.45) is 0 Å². The first-order valence-corrected chi connectivity index (χ1v) is 5.19. The number of aryl methyl sites for hydroxylation is 1. The highest BCUT2D eigenvalue weighted by atomic mass is 32.1. The minimum atomic E-state index is 0.904. The number of nitrogens with zero attached hydrogens (tertiary/aromatic N) is 1. The van der Waals surface area contributed by atoms with Gasteiger partial charge >= 0.3 is 0 Å². The van der Waals surface area contributed by atoms with Gasteiger partial charge in [0.15, 0.2) is 0 Å². The Hall–Kier alpha value is -0.540. The van der Waals surface area contributed by atoms with Crippen LogP contribution >= 0.6 is 12.6 Å². The Morgan fingerprint density at radius 1 is 1.46 bits per heavy atom. The van der Waals surface area contributed by atoms with Crippen molar-refractivity contribution >= 4 is 12.6 Å². The van der Waals surface area contributed by atoms with Crippen molar-refractivity contribution in [3.05, 3.63) is 29.6 Å². The summed E-state index contributed by atoms with van der Waals surface area (Å²) in [6.45, 7) is 3.93. The second-order valence-electron chi connectivity index (χ2n) is 3.06. The molecule has 0 aromatic carbocycles. The molecule has 0 radical (unpaired) electrons. The molecule has 0 atom stereocenters. The lowest BCUT2D eigenvalue weighted by atomic mass is 10.2. The molecule has 1 aromatic rings. The number of nitrogens with one attached hydrogen (secondary N) is 1. The van der Waals surface area contributed by atoms with E-state index in [0.717, 1.165) is 31.0 Å². The largest absolute Gasteiger partial charge is 0.313 e. The van der Waals surface area contributed by atoms with Crippen LogP contribution in [-0.2, 0) is 6.54 Å². The van der Waals surface area contributed by atoms with Crippen LogP contribution in [0.1, 0.15) is 17.7 Å². The van der Waals surface area contributed by atoms with Gasteiger partial charge in [0.1, 0.15) is 0 Å². The van der Waals surface area contributed by atoms with E-state index in [4.69, 9.17) is 0 Å². The maximum absolute atomic E-state index is 4.22. The lowest BCUT2D eigenvalue weighted by Gasteiger charge is -2.03. The van der Waals surface area contributed by atoms with Crippen molar-refractivity contribution in [1.82, 2.24) is 10.3 Å². The number of aromatic nitrogens is 1. The maximum atomic E-state index is 4.22. The Morgan fingerprint density at radius 3 is 2.92 bits per heavy atom. The molecule has 2 nitrogen and oxygen atoms in total. The van der Waals surface area contributed by atoms with Crippen LogP contribution in [0.5, 0.6) is 0 Å². The Balaban J connectivity index is 2.25. The molecule has 0 aliphatic heterocycles. The Morgan fingerprint density at radius 2 is 2.31 bits per heavy atom. The van der Waals surface area contributed by atoms with Gasteiger partial charge in [0.25, 0.3) is 0 Å². The minimum absolute atomic E-state index is 0.904.